The Hall–Kier alpha value is -3.54. The highest BCUT2D eigenvalue weighted by Crippen LogP contribution is 2.30. The Labute approximate surface area is 156 Å². The molecule has 0 spiro atoms. The van der Waals surface area contributed by atoms with Gasteiger partial charge in [-0.1, -0.05) is 47.1 Å². The number of aliphatic imine (C=N–C) groups is 1. The third kappa shape index (κ3) is 3.17. The van der Waals surface area contributed by atoms with Crippen molar-refractivity contribution in [2.24, 2.45) is 10.9 Å². The normalized spacial score (nSPS) is 20.4. The maximum Gasteiger partial charge on any atom is 0.299 e. The van der Waals surface area contributed by atoms with E-state index in [4.69, 9.17) is 4.52 Å². The summed E-state index contributed by atoms with van der Waals surface area (Å²) >= 11 is 0. The zero-order valence-electron chi connectivity index (χ0n) is 14.9. The van der Waals surface area contributed by atoms with Crippen LogP contribution >= 0.6 is 0 Å². The largest absolute Gasteiger partial charge is 0.355 e. The first-order valence-electron chi connectivity index (χ1n) is 8.56. The Kier molecular flexibility index (Phi) is 4.16. The number of hydrogen-bond acceptors (Lipinski definition) is 4. The van der Waals surface area contributed by atoms with E-state index in [2.05, 4.69) is 15.5 Å². The molecule has 0 bridgehead atoms. The summed E-state index contributed by atoms with van der Waals surface area (Å²) in [6, 6.07) is 11.0. The van der Waals surface area contributed by atoms with Crippen LogP contribution in [0.4, 0.5) is 0 Å². The number of amides is 2. The average molecular weight is 359 g/mol. The van der Waals surface area contributed by atoms with Crippen molar-refractivity contribution in [3.63, 3.8) is 0 Å². The Morgan fingerprint density at radius 3 is 2.78 bits per heavy atom. The van der Waals surface area contributed by atoms with Crippen LogP contribution < -0.4 is 5.32 Å². The topological polar surface area (TPSA) is 84.6 Å². The number of fused-ring (bicyclic) bond motifs is 1. The number of carbonyl (C=O) groups excluding carboxylic acids is 2. The molecule has 1 atom stereocenters. The lowest BCUT2D eigenvalue weighted by molar-refractivity contribution is -0.117. The number of hydrogen-bond donors (Lipinski definition) is 1. The molecule has 134 valence electrons. The zero-order chi connectivity index (χ0) is 19.0. The maximum absolute atomic E-state index is 12.4. The van der Waals surface area contributed by atoms with E-state index in [1.807, 2.05) is 43.3 Å². The van der Waals surface area contributed by atoms with Gasteiger partial charge in [-0.3, -0.25) is 9.59 Å². The molecule has 0 saturated carbocycles. The highest BCUT2D eigenvalue weighted by atomic mass is 16.5. The molecule has 6 heteroatoms. The monoisotopic (exact) mass is 359 g/mol. The molecule has 0 radical (unpaired) electrons. The first kappa shape index (κ1) is 16.9. The van der Waals surface area contributed by atoms with Crippen LogP contribution in [-0.4, -0.2) is 22.7 Å². The van der Waals surface area contributed by atoms with Crippen LogP contribution in [0.25, 0.3) is 11.3 Å². The molecule has 2 amide bonds. The molecule has 0 fully saturated rings. The van der Waals surface area contributed by atoms with E-state index >= 15 is 0 Å². The zero-order valence-corrected chi connectivity index (χ0v) is 14.9. The number of nitrogens with zero attached hydrogens (tertiary/aromatic N) is 2. The molecule has 2 heterocycles. The first-order chi connectivity index (χ1) is 13.0. The van der Waals surface area contributed by atoms with Crippen molar-refractivity contribution in [2.75, 3.05) is 0 Å². The van der Waals surface area contributed by atoms with Crippen molar-refractivity contribution in [3.05, 3.63) is 77.2 Å². The molecular weight excluding hydrogens is 342 g/mol. The van der Waals surface area contributed by atoms with Crippen LogP contribution in [0.1, 0.15) is 24.3 Å². The van der Waals surface area contributed by atoms with Crippen molar-refractivity contribution in [1.29, 1.82) is 0 Å². The molecule has 4 rings (SSSR count). The molecule has 1 unspecified atom stereocenters. The summed E-state index contributed by atoms with van der Waals surface area (Å²) in [4.78, 5) is 28.5. The second-order valence-electron chi connectivity index (χ2n) is 6.48. The predicted molar refractivity (Wildman–Crippen MR) is 101 cm³/mol. The third-order valence-corrected chi connectivity index (χ3v) is 4.77. The van der Waals surface area contributed by atoms with E-state index in [-0.39, 0.29) is 17.5 Å². The fourth-order valence-electron chi connectivity index (χ4n) is 3.08. The molecule has 1 aromatic heterocycles. The molecule has 1 aliphatic carbocycles. The van der Waals surface area contributed by atoms with Crippen LogP contribution in [0, 0.1) is 5.92 Å². The molecule has 27 heavy (non-hydrogen) atoms. The van der Waals surface area contributed by atoms with Crippen molar-refractivity contribution >= 4 is 17.5 Å². The molecular formula is C21H17N3O3. The first-order valence-corrected chi connectivity index (χ1v) is 8.56. The molecule has 2 aliphatic rings. The number of benzene rings is 1. The minimum Gasteiger partial charge on any atom is -0.355 e. The number of rotatable bonds is 2. The van der Waals surface area contributed by atoms with Gasteiger partial charge in [0.25, 0.3) is 11.8 Å². The van der Waals surface area contributed by atoms with Gasteiger partial charge in [-0.25, -0.2) is 4.99 Å². The van der Waals surface area contributed by atoms with E-state index in [0.29, 0.717) is 17.0 Å². The summed E-state index contributed by atoms with van der Waals surface area (Å²) < 4.78 is 5.25. The van der Waals surface area contributed by atoms with Gasteiger partial charge in [-0.2, -0.15) is 0 Å². The molecule has 6 nitrogen and oxygen atoms in total. The standard InChI is InChI=1S/C21H17N3O3/c1-12-13(2)20(25)23-17-10-15(8-9-16(12)17)22-21(26)18-11-19(27-24-18)14-6-4-3-5-7-14/h3-11,16H,1-2H3,(H,23,25). The highest BCUT2D eigenvalue weighted by molar-refractivity contribution is 6.14. The molecule has 0 saturated heterocycles. The minimum atomic E-state index is -0.499. The van der Waals surface area contributed by atoms with Crippen molar-refractivity contribution in [1.82, 2.24) is 10.5 Å². The van der Waals surface area contributed by atoms with E-state index in [1.54, 1.807) is 25.1 Å². The lowest BCUT2D eigenvalue weighted by Crippen LogP contribution is -2.35. The van der Waals surface area contributed by atoms with Gasteiger partial charge >= 0.3 is 0 Å². The van der Waals surface area contributed by atoms with Gasteiger partial charge < -0.3 is 9.84 Å². The number of carbonyl (C=O) groups is 2. The fraction of sp³-hybridized carbons (Fsp3) is 0.143. The summed E-state index contributed by atoms with van der Waals surface area (Å²) in [6.45, 7) is 3.74. The Morgan fingerprint density at radius 1 is 1.22 bits per heavy atom. The Morgan fingerprint density at radius 2 is 2.00 bits per heavy atom. The molecule has 1 N–H and O–H groups in total. The van der Waals surface area contributed by atoms with Crippen molar-refractivity contribution in [2.45, 2.75) is 13.8 Å². The molecule has 1 aromatic carbocycles. The van der Waals surface area contributed by atoms with Crippen molar-refractivity contribution < 1.29 is 14.1 Å². The molecule has 2 aromatic rings. The summed E-state index contributed by atoms with van der Waals surface area (Å²) in [6.07, 6.45) is 5.42. The lowest BCUT2D eigenvalue weighted by Gasteiger charge is -2.28. The van der Waals surface area contributed by atoms with E-state index in [1.165, 1.54) is 0 Å². The van der Waals surface area contributed by atoms with Gasteiger partial charge in [0.05, 0.1) is 5.71 Å². The van der Waals surface area contributed by atoms with Gasteiger partial charge in [-0.15, -0.1) is 0 Å². The van der Waals surface area contributed by atoms with Crippen LogP contribution in [0.5, 0.6) is 0 Å². The minimum absolute atomic E-state index is 0.00786. The van der Waals surface area contributed by atoms with Gasteiger partial charge in [0.15, 0.2) is 11.5 Å². The van der Waals surface area contributed by atoms with Gasteiger partial charge in [0.2, 0.25) is 0 Å². The Bertz CT molecular complexity index is 1060. The van der Waals surface area contributed by atoms with Crippen LogP contribution in [0.3, 0.4) is 0 Å². The lowest BCUT2D eigenvalue weighted by atomic mass is 9.85. The van der Waals surface area contributed by atoms with Gasteiger partial charge in [0.1, 0.15) is 0 Å². The van der Waals surface area contributed by atoms with E-state index in [9.17, 15) is 9.59 Å². The van der Waals surface area contributed by atoms with Gasteiger partial charge in [-0.05, 0) is 26.0 Å². The van der Waals surface area contributed by atoms with Crippen LogP contribution in [0.15, 0.2) is 81.0 Å². The van der Waals surface area contributed by atoms with Gasteiger partial charge in [0, 0.05) is 28.8 Å². The maximum atomic E-state index is 12.4. The van der Waals surface area contributed by atoms with Crippen molar-refractivity contribution in [3.8, 4) is 11.3 Å². The SMILES string of the molecule is CC1=C(C)C2C=CC(=NC(=O)c3cc(-c4ccccc4)on3)C=C2NC1=O. The van der Waals surface area contributed by atoms with Crippen LogP contribution in [0.2, 0.25) is 0 Å². The Balaban J connectivity index is 1.58. The fourth-order valence-corrected chi connectivity index (χ4v) is 3.08. The van der Waals surface area contributed by atoms with E-state index in [0.717, 1.165) is 16.8 Å². The second kappa shape index (κ2) is 6.64. The summed E-state index contributed by atoms with van der Waals surface area (Å²) in [5, 5.41) is 6.67. The number of allylic oxidation sites excluding steroid dienone is 3. The van der Waals surface area contributed by atoms with E-state index < -0.39 is 5.91 Å². The quantitative estimate of drug-likeness (QED) is 0.890. The highest BCUT2D eigenvalue weighted by Gasteiger charge is 2.27. The number of nitrogens with one attached hydrogen (secondary N) is 1. The van der Waals surface area contributed by atoms with Crippen LogP contribution in [-0.2, 0) is 4.79 Å². The summed E-state index contributed by atoms with van der Waals surface area (Å²) in [7, 11) is 0. The number of aromatic nitrogens is 1. The smallest absolute Gasteiger partial charge is 0.299 e. The summed E-state index contributed by atoms with van der Waals surface area (Å²) in [5.41, 5.74) is 3.87. The predicted octanol–water partition coefficient (Wildman–Crippen LogP) is 3.46. The summed E-state index contributed by atoms with van der Waals surface area (Å²) in [5.74, 6) is -0.109. The molecule has 1 aliphatic heterocycles. The third-order valence-electron chi connectivity index (χ3n) is 4.77. The second-order valence-corrected chi connectivity index (χ2v) is 6.48. The average Bonchev–Trinajstić information content (AvgIpc) is 3.17.